The molecule has 19 heavy (non-hydrogen) atoms. The molecule has 0 unspecified atom stereocenters. The van der Waals surface area contributed by atoms with Crippen molar-refractivity contribution in [1.82, 2.24) is 9.55 Å². The van der Waals surface area contributed by atoms with Crippen LogP contribution in [0.25, 0.3) is 10.9 Å². The molecule has 2 rings (SSSR count). The highest BCUT2D eigenvalue weighted by atomic mass is 79.9. The van der Waals surface area contributed by atoms with E-state index in [1.807, 2.05) is 6.92 Å². The van der Waals surface area contributed by atoms with Crippen LogP contribution in [-0.4, -0.2) is 24.2 Å². The number of halogens is 1. The summed E-state index contributed by atoms with van der Waals surface area (Å²) in [6.07, 6.45) is 2.06. The number of hydrogen-bond acceptors (Lipinski definition) is 2. The van der Waals surface area contributed by atoms with Crippen molar-refractivity contribution in [2.45, 2.75) is 39.3 Å². The number of nitrogens with zero attached hydrogens (tertiary/aromatic N) is 2. The van der Waals surface area contributed by atoms with Gasteiger partial charge in [-0.15, -0.1) is 0 Å². The summed E-state index contributed by atoms with van der Waals surface area (Å²) >= 11 is 3.54. The lowest BCUT2D eigenvalue weighted by Gasteiger charge is -2.16. The number of aromatic nitrogens is 2. The molecule has 0 fully saturated rings. The lowest BCUT2D eigenvalue weighted by atomic mass is 10.3. The maximum Gasteiger partial charge on any atom is 0.130 e. The Bertz CT molecular complexity index is 575. The van der Waals surface area contributed by atoms with E-state index >= 15 is 0 Å². The van der Waals surface area contributed by atoms with E-state index in [1.54, 1.807) is 0 Å². The molecule has 0 aliphatic rings. The van der Waals surface area contributed by atoms with Crippen LogP contribution in [0, 0.1) is 6.92 Å². The van der Waals surface area contributed by atoms with Crippen LogP contribution in [0.3, 0.4) is 0 Å². The summed E-state index contributed by atoms with van der Waals surface area (Å²) < 4.78 is 8.79. The van der Waals surface area contributed by atoms with Gasteiger partial charge in [-0.05, 0) is 41.0 Å². The number of aryl methyl sites for hydroxylation is 1. The van der Waals surface area contributed by atoms with Crippen LogP contribution in [0.4, 0.5) is 0 Å². The van der Waals surface area contributed by atoms with E-state index in [0.29, 0.717) is 6.73 Å². The second-order valence-electron chi connectivity index (χ2n) is 6.13. The molecule has 0 saturated carbocycles. The van der Waals surface area contributed by atoms with Gasteiger partial charge in [-0.25, -0.2) is 4.98 Å². The molecule has 0 amide bonds. The molecule has 0 saturated heterocycles. The third-order valence-corrected chi connectivity index (χ3v) is 5.31. The van der Waals surface area contributed by atoms with Gasteiger partial charge in [0.05, 0.1) is 5.52 Å². The zero-order valence-corrected chi connectivity index (χ0v) is 14.6. The van der Waals surface area contributed by atoms with Crippen molar-refractivity contribution in [2.75, 3.05) is 6.61 Å². The SMILES string of the molecule is Cc1cc2ccn(COCC[Si](C)(C)C)c2c(Br)n1. The molecule has 5 heteroatoms. The van der Waals surface area contributed by atoms with Gasteiger partial charge in [-0.3, -0.25) is 0 Å². The highest BCUT2D eigenvalue weighted by Gasteiger charge is 2.12. The predicted octanol–water partition coefficient (Wildman–Crippen LogP) is 4.42. The van der Waals surface area contributed by atoms with E-state index in [4.69, 9.17) is 4.74 Å². The summed E-state index contributed by atoms with van der Waals surface area (Å²) in [6, 6.07) is 5.40. The predicted molar refractivity (Wildman–Crippen MR) is 86.3 cm³/mol. The molecule has 104 valence electrons. The Morgan fingerprint density at radius 1 is 1.37 bits per heavy atom. The minimum absolute atomic E-state index is 0.595. The molecular weight excluding hydrogens is 320 g/mol. The largest absolute Gasteiger partial charge is 0.361 e. The second-order valence-corrected chi connectivity index (χ2v) is 12.5. The third-order valence-electron chi connectivity index (χ3n) is 3.06. The molecule has 0 bridgehead atoms. The van der Waals surface area contributed by atoms with Gasteiger partial charge in [-0.1, -0.05) is 19.6 Å². The summed E-state index contributed by atoms with van der Waals surface area (Å²) in [5, 5.41) is 1.20. The second kappa shape index (κ2) is 5.77. The fourth-order valence-corrected chi connectivity index (χ4v) is 3.45. The number of pyridine rings is 1. The van der Waals surface area contributed by atoms with E-state index in [1.165, 1.54) is 11.4 Å². The molecule has 0 atom stereocenters. The van der Waals surface area contributed by atoms with Crippen LogP contribution in [-0.2, 0) is 11.5 Å². The zero-order chi connectivity index (χ0) is 14.0. The number of hydrogen-bond donors (Lipinski definition) is 0. The maximum atomic E-state index is 5.80. The molecule has 0 aromatic carbocycles. The summed E-state index contributed by atoms with van der Waals surface area (Å²) in [6.45, 7) is 10.5. The van der Waals surface area contributed by atoms with E-state index in [0.717, 1.165) is 22.4 Å². The van der Waals surface area contributed by atoms with Crippen molar-refractivity contribution < 1.29 is 4.74 Å². The molecule has 2 aromatic heterocycles. The van der Waals surface area contributed by atoms with Crippen LogP contribution >= 0.6 is 15.9 Å². The molecular formula is C14H21BrN2OSi. The Morgan fingerprint density at radius 3 is 2.79 bits per heavy atom. The van der Waals surface area contributed by atoms with Crippen LogP contribution < -0.4 is 0 Å². The fourth-order valence-electron chi connectivity index (χ4n) is 1.96. The van der Waals surface area contributed by atoms with Crippen LogP contribution in [0.1, 0.15) is 5.69 Å². The average molecular weight is 341 g/mol. The van der Waals surface area contributed by atoms with Gasteiger partial charge in [0.15, 0.2) is 0 Å². The first-order chi connectivity index (χ1) is 8.87. The molecule has 2 heterocycles. The van der Waals surface area contributed by atoms with Gasteiger partial charge in [-0.2, -0.15) is 0 Å². The van der Waals surface area contributed by atoms with Gasteiger partial charge in [0.1, 0.15) is 11.3 Å². The quantitative estimate of drug-likeness (QED) is 0.457. The molecule has 2 aromatic rings. The Balaban J connectivity index is 2.06. The molecule has 0 spiro atoms. The van der Waals surface area contributed by atoms with Crippen molar-refractivity contribution in [3.63, 3.8) is 0 Å². The average Bonchev–Trinajstić information content (AvgIpc) is 2.66. The van der Waals surface area contributed by atoms with E-state index in [-0.39, 0.29) is 0 Å². The van der Waals surface area contributed by atoms with Crippen molar-refractivity contribution in [3.8, 4) is 0 Å². The van der Waals surface area contributed by atoms with Gasteiger partial charge in [0, 0.05) is 32.0 Å². The maximum absolute atomic E-state index is 5.80. The van der Waals surface area contributed by atoms with Crippen LogP contribution in [0.5, 0.6) is 0 Å². The van der Waals surface area contributed by atoms with Crippen molar-refractivity contribution >= 4 is 34.9 Å². The zero-order valence-electron chi connectivity index (χ0n) is 12.0. The van der Waals surface area contributed by atoms with E-state index < -0.39 is 8.07 Å². The van der Waals surface area contributed by atoms with Gasteiger partial charge in [0.2, 0.25) is 0 Å². The molecule has 0 aliphatic heterocycles. The third kappa shape index (κ3) is 3.90. The van der Waals surface area contributed by atoms with Crippen LogP contribution in [0.15, 0.2) is 22.9 Å². The fraction of sp³-hybridized carbons (Fsp3) is 0.500. The standard InChI is InChI=1S/C14H21BrN2OSi/c1-11-9-12-5-6-17(13(12)14(15)16-11)10-18-7-8-19(2,3)4/h5-6,9H,7-8,10H2,1-4H3. The van der Waals surface area contributed by atoms with Gasteiger partial charge >= 0.3 is 0 Å². The Labute approximate surface area is 124 Å². The first-order valence-electron chi connectivity index (χ1n) is 6.56. The number of rotatable bonds is 5. The lowest BCUT2D eigenvalue weighted by Crippen LogP contribution is -2.22. The first kappa shape index (κ1) is 14.7. The Kier molecular flexibility index (Phi) is 4.48. The normalized spacial score (nSPS) is 12.3. The molecule has 0 radical (unpaired) electrons. The summed E-state index contributed by atoms with van der Waals surface area (Å²) in [5.74, 6) is 0. The smallest absolute Gasteiger partial charge is 0.130 e. The minimum atomic E-state index is -1.01. The van der Waals surface area contributed by atoms with Crippen molar-refractivity contribution in [2.24, 2.45) is 0 Å². The first-order valence-corrected chi connectivity index (χ1v) is 11.1. The van der Waals surface area contributed by atoms with E-state index in [9.17, 15) is 0 Å². The Hall–Kier alpha value is -0.653. The highest BCUT2D eigenvalue weighted by Crippen LogP contribution is 2.24. The number of fused-ring (bicyclic) bond motifs is 1. The summed E-state index contributed by atoms with van der Waals surface area (Å²) in [4.78, 5) is 4.45. The Morgan fingerprint density at radius 2 is 2.11 bits per heavy atom. The summed E-state index contributed by atoms with van der Waals surface area (Å²) in [7, 11) is -1.01. The lowest BCUT2D eigenvalue weighted by molar-refractivity contribution is 0.0901. The summed E-state index contributed by atoms with van der Waals surface area (Å²) in [5.41, 5.74) is 2.13. The molecule has 0 aliphatic carbocycles. The number of ether oxygens (including phenoxy) is 1. The van der Waals surface area contributed by atoms with Gasteiger partial charge < -0.3 is 9.30 Å². The monoisotopic (exact) mass is 340 g/mol. The van der Waals surface area contributed by atoms with Gasteiger partial charge in [0.25, 0.3) is 0 Å². The minimum Gasteiger partial charge on any atom is -0.361 e. The van der Waals surface area contributed by atoms with Crippen LogP contribution in [0.2, 0.25) is 25.7 Å². The van der Waals surface area contributed by atoms with E-state index in [2.05, 4.69) is 63.5 Å². The molecule has 3 nitrogen and oxygen atoms in total. The topological polar surface area (TPSA) is 27.1 Å². The highest BCUT2D eigenvalue weighted by molar-refractivity contribution is 9.10. The van der Waals surface area contributed by atoms with Crippen molar-refractivity contribution in [3.05, 3.63) is 28.6 Å². The van der Waals surface area contributed by atoms with Crippen molar-refractivity contribution in [1.29, 1.82) is 0 Å². The molecule has 0 N–H and O–H groups in total.